The van der Waals surface area contributed by atoms with Gasteiger partial charge < -0.3 is 20.7 Å². The van der Waals surface area contributed by atoms with Crippen LogP contribution in [0, 0.1) is 5.82 Å². The van der Waals surface area contributed by atoms with Gasteiger partial charge in [0, 0.05) is 32.4 Å². The summed E-state index contributed by atoms with van der Waals surface area (Å²) in [7, 11) is 0. The number of halogens is 1. The van der Waals surface area contributed by atoms with Crippen molar-refractivity contribution in [2.45, 2.75) is 12.5 Å². The summed E-state index contributed by atoms with van der Waals surface area (Å²) in [5, 5.41) is 6.86. The van der Waals surface area contributed by atoms with E-state index in [9.17, 15) is 9.18 Å². The summed E-state index contributed by atoms with van der Waals surface area (Å²) in [6.07, 6.45) is 5.45. The topological polar surface area (TPSA) is 114 Å². The summed E-state index contributed by atoms with van der Waals surface area (Å²) in [5.41, 5.74) is 7.77. The highest BCUT2D eigenvalue weighted by atomic mass is 19.1. The smallest absolute Gasteiger partial charge is 0.263 e. The van der Waals surface area contributed by atoms with Gasteiger partial charge in [-0.05, 0) is 13.0 Å². The maximum absolute atomic E-state index is 13.4. The Kier molecular flexibility index (Phi) is 4.71. The molecule has 0 atom stereocenters. The van der Waals surface area contributed by atoms with Crippen LogP contribution in [0.2, 0.25) is 0 Å². The first-order chi connectivity index (χ1) is 14.9. The number of nitrogens with zero attached hydrogens (tertiary/aromatic N) is 6. The molecule has 0 saturated carbocycles. The summed E-state index contributed by atoms with van der Waals surface area (Å²) in [6.45, 7) is 7.22. The molecular weight excluding hydrogens is 403 g/mol. The number of carbonyl (C=O) groups excluding carboxylic acids is 1. The number of rotatable bonds is 4. The molecule has 0 aromatic carbocycles. The number of nitrogen functional groups attached to an aromatic ring is 1. The van der Waals surface area contributed by atoms with E-state index in [2.05, 4.69) is 37.1 Å². The number of pyridine rings is 1. The molecule has 0 spiro atoms. The minimum Gasteiger partial charge on any atom is -0.381 e. The number of hydrogen-bond donors (Lipinski definition) is 2. The van der Waals surface area contributed by atoms with Gasteiger partial charge in [-0.1, -0.05) is 0 Å². The van der Waals surface area contributed by atoms with Crippen LogP contribution in [0.1, 0.15) is 17.3 Å². The van der Waals surface area contributed by atoms with Crippen molar-refractivity contribution in [3.05, 3.63) is 42.2 Å². The van der Waals surface area contributed by atoms with E-state index >= 15 is 0 Å². The van der Waals surface area contributed by atoms with Gasteiger partial charge in [0.2, 0.25) is 0 Å². The van der Waals surface area contributed by atoms with Gasteiger partial charge >= 0.3 is 0 Å². The van der Waals surface area contributed by atoms with E-state index in [4.69, 9.17) is 10.5 Å². The van der Waals surface area contributed by atoms with Crippen molar-refractivity contribution in [3.8, 4) is 0 Å². The van der Waals surface area contributed by atoms with E-state index < -0.39 is 11.7 Å². The largest absolute Gasteiger partial charge is 0.381 e. The molecule has 31 heavy (non-hydrogen) atoms. The second-order valence-corrected chi connectivity index (χ2v) is 8.11. The first-order valence-electron chi connectivity index (χ1n) is 10.1. The van der Waals surface area contributed by atoms with Crippen LogP contribution in [0.5, 0.6) is 0 Å². The fourth-order valence-electron chi connectivity index (χ4n) is 4.16. The zero-order chi connectivity index (χ0) is 21.6. The summed E-state index contributed by atoms with van der Waals surface area (Å²) in [6, 6.07) is 1.88. The SMILES string of the molecule is CC1(N2CCN(c3ccncc3NC(=O)c3c(N)nn4cc(F)cnc34)CC2)COC1. The Bertz CT molecular complexity index is 1140. The number of hydrogen-bond acceptors (Lipinski definition) is 8. The lowest BCUT2D eigenvalue weighted by Gasteiger charge is -2.50. The van der Waals surface area contributed by atoms with Crippen LogP contribution in [0.3, 0.4) is 0 Å². The fourth-order valence-corrected chi connectivity index (χ4v) is 4.16. The third-order valence-electron chi connectivity index (χ3n) is 5.95. The van der Waals surface area contributed by atoms with Crippen molar-refractivity contribution >= 4 is 28.7 Å². The molecule has 3 N–H and O–H groups in total. The van der Waals surface area contributed by atoms with Crippen molar-refractivity contribution in [3.63, 3.8) is 0 Å². The van der Waals surface area contributed by atoms with Crippen LogP contribution in [0.25, 0.3) is 5.65 Å². The summed E-state index contributed by atoms with van der Waals surface area (Å²) < 4.78 is 20.0. The molecule has 2 aliphatic heterocycles. The Morgan fingerprint density at radius 3 is 2.74 bits per heavy atom. The number of carbonyl (C=O) groups is 1. The van der Waals surface area contributed by atoms with Gasteiger partial charge in [-0.2, -0.15) is 0 Å². The van der Waals surface area contributed by atoms with Gasteiger partial charge in [0.25, 0.3) is 5.91 Å². The molecule has 3 aromatic heterocycles. The predicted octanol–water partition coefficient (Wildman–Crippen LogP) is 1.01. The number of amides is 1. The monoisotopic (exact) mass is 426 g/mol. The molecule has 11 heteroatoms. The molecule has 10 nitrogen and oxygen atoms in total. The lowest BCUT2D eigenvalue weighted by molar-refractivity contribution is -0.131. The van der Waals surface area contributed by atoms with Crippen molar-refractivity contribution in [1.82, 2.24) is 24.5 Å². The molecule has 162 valence electrons. The van der Waals surface area contributed by atoms with Crippen LogP contribution in [0.4, 0.5) is 21.6 Å². The number of anilines is 3. The van der Waals surface area contributed by atoms with E-state index in [-0.39, 0.29) is 22.6 Å². The summed E-state index contributed by atoms with van der Waals surface area (Å²) >= 11 is 0. The third-order valence-corrected chi connectivity index (χ3v) is 5.95. The molecule has 0 radical (unpaired) electrons. The lowest BCUT2D eigenvalue weighted by Crippen LogP contribution is -2.64. The lowest BCUT2D eigenvalue weighted by atomic mass is 9.97. The highest BCUT2D eigenvalue weighted by molar-refractivity contribution is 6.12. The second kappa shape index (κ2) is 7.43. The third kappa shape index (κ3) is 3.45. The Morgan fingerprint density at radius 2 is 2.03 bits per heavy atom. The average Bonchev–Trinajstić information content (AvgIpc) is 3.07. The number of fused-ring (bicyclic) bond motifs is 1. The minimum absolute atomic E-state index is 0.0226. The van der Waals surface area contributed by atoms with Gasteiger partial charge in [-0.3, -0.25) is 14.7 Å². The fraction of sp³-hybridized carbons (Fsp3) is 0.400. The maximum Gasteiger partial charge on any atom is 0.263 e. The molecule has 3 aromatic rings. The molecule has 1 amide bonds. The minimum atomic E-state index is -0.571. The molecule has 5 heterocycles. The number of nitrogens with one attached hydrogen (secondary N) is 1. The van der Waals surface area contributed by atoms with E-state index in [1.807, 2.05) is 6.07 Å². The first kappa shape index (κ1) is 19.6. The number of nitrogens with two attached hydrogens (primary N) is 1. The number of piperazine rings is 1. The van der Waals surface area contributed by atoms with E-state index in [1.165, 1.54) is 0 Å². The first-order valence-corrected chi connectivity index (χ1v) is 10.1. The van der Waals surface area contributed by atoms with Crippen LogP contribution in [-0.4, -0.2) is 75.3 Å². The molecule has 2 aliphatic rings. The normalized spacial score (nSPS) is 18.7. The van der Waals surface area contributed by atoms with Gasteiger partial charge in [-0.25, -0.2) is 13.9 Å². The zero-order valence-electron chi connectivity index (χ0n) is 17.1. The Labute approximate surface area is 177 Å². The Morgan fingerprint density at radius 1 is 1.26 bits per heavy atom. The standard InChI is InChI=1S/C20H23FN8O2/c1-20(11-31-12-20)28-6-4-27(5-7-28)15-2-3-23-9-14(15)25-19(30)16-17(22)26-29-10-13(21)8-24-18(16)29/h2-3,8-10H,4-7,11-12H2,1H3,(H2,22,26)(H,25,30). The highest BCUT2D eigenvalue weighted by Crippen LogP contribution is 2.30. The molecule has 2 saturated heterocycles. The van der Waals surface area contributed by atoms with Crippen LogP contribution in [0.15, 0.2) is 30.9 Å². The Hall–Kier alpha value is -3.31. The maximum atomic E-state index is 13.4. The van der Waals surface area contributed by atoms with Crippen molar-refractivity contribution < 1.29 is 13.9 Å². The molecule has 0 bridgehead atoms. The van der Waals surface area contributed by atoms with Gasteiger partial charge in [0.05, 0.1) is 48.7 Å². The van der Waals surface area contributed by atoms with Gasteiger partial charge in [-0.15, -0.1) is 5.10 Å². The second-order valence-electron chi connectivity index (χ2n) is 8.11. The molecular formula is C20H23FN8O2. The predicted molar refractivity (Wildman–Crippen MR) is 113 cm³/mol. The van der Waals surface area contributed by atoms with Crippen LogP contribution in [-0.2, 0) is 4.74 Å². The van der Waals surface area contributed by atoms with Gasteiger partial charge in [0.1, 0.15) is 5.56 Å². The molecule has 0 aliphatic carbocycles. The van der Waals surface area contributed by atoms with Crippen molar-refractivity contribution in [2.24, 2.45) is 0 Å². The quantitative estimate of drug-likeness (QED) is 0.635. The zero-order valence-corrected chi connectivity index (χ0v) is 17.1. The van der Waals surface area contributed by atoms with E-state index in [0.717, 1.165) is 62.0 Å². The highest BCUT2D eigenvalue weighted by Gasteiger charge is 2.40. The number of ether oxygens (including phenoxy) is 1. The number of aromatic nitrogens is 4. The Balaban J connectivity index is 1.36. The van der Waals surface area contributed by atoms with Crippen LogP contribution >= 0.6 is 0 Å². The molecule has 0 unspecified atom stereocenters. The molecule has 5 rings (SSSR count). The van der Waals surface area contributed by atoms with Crippen molar-refractivity contribution in [2.75, 3.05) is 55.3 Å². The molecule has 2 fully saturated rings. The van der Waals surface area contributed by atoms with Gasteiger partial charge in [0.15, 0.2) is 17.3 Å². The van der Waals surface area contributed by atoms with E-state index in [0.29, 0.717) is 5.69 Å². The summed E-state index contributed by atoms with van der Waals surface area (Å²) in [5.74, 6) is -1.07. The van der Waals surface area contributed by atoms with E-state index in [1.54, 1.807) is 12.4 Å². The average molecular weight is 426 g/mol. The van der Waals surface area contributed by atoms with Crippen LogP contribution < -0.4 is 16.0 Å². The van der Waals surface area contributed by atoms with Crippen molar-refractivity contribution in [1.29, 1.82) is 0 Å². The summed E-state index contributed by atoms with van der Waals surface area (Å²) in [4.78, 5) is 25.8.